The number of para-hydroxylation sites is 1. The van der Waals surface area contributed by atoms with Crippen molar-refractivity contribution < 1.29 is 0 Å². The highest BCUT2D eigenvalue weighted by atomic mass is 15.1. The first-order chi connectivity index (χ1) is 42.2. The van der Waals surface area contributed by atoms with Crippen LogP contribution in [-0.4, -0.2) is 4.57 Å². The Labute approximate surface area is 499 Å². The van der Waals surface area contributed by atoms with Gasteiger partial charge in [0, 0.05) is 33.4 Å². The largest absolute Gasteiger partial charge is 0.310 e. The molecule has 0 atom stereocenters. The molecule has 17 rings (SSSR count). The average Bonchev–Trinajstić information content (AvgIpc) is 1.55. The van der Waals surface area contributed by atoms with E-state index in [1.54, 1.807) is 0 Å². The first-order valence-electron chi connectivity index (χ1n) is 31.0. The molecule has 85 heavy (non-hydrogen) atoms. The predicted molar refractivity (Wildman–Crippen MR) is 356 cm³/mol. The van der Waals surface area contributed by atoms with Crippen molar-refractivity contribution in [2.45, 2.75) is 68.6 Å². The Balaban J connectivity index is 0.740. The predicted octanol–water partition coefficient (Wildman–Crippen LogP) is 22.6. The van der Waals surface area contributed by atoms with Gasteiger partial charge in [-0.25, -0.2) is 0 Å². The molecule has 4 aliphatic carbocycles. The maximum absolute atomic E-state index is 2.55. The van der Waals surface area contributed by atoms with Gasteiger partial charge in [-0.15, -0.1) is 0 Å². The van der Waals surface area contributed by atoms with Gasteiger partial charge in [0.15, 0.2) is 0 Å². The minimum Gasteiger partial charge on any atom is -0.310 e. The van der Waals surface area contributed by atoms with Gasteiger partial charge in [0.25, 0.3) is 0 Å². The number of rotatable bonds is 10. The van der Waals surface area contributed by atoms with Gasteiger partial charge in [0.05, 0.1) is 22.1 Å². The third kappa shape index (κ3) is 7.99. The number of aromatic nitrogens is 1. The Morgan fingerprint density at radius 3 is 1.24 bits per heavy atom. The zero-order valence-electron chi connectivity index (χ0n) is 47.8. The van der Waals surface area contributed by atoms with Crippen LogP contribution >= 0.6 is 0 Å². The van der Waals surface area contributed by atoms with Crippen molar-refractivity contribution >= 4 is 38.9 Å². The SMILES string of the molecule is c1ccc(-c2ccccc2-c2ccccc2N(c2ccc(-c3ccc(-c4ccc(-n5c6ccc(C7CCCC7)cc6c6cc(C7CCCC7)ccc65)cc4)cc3)cc2)c2ccc3c(c2)C2(c4ccccc4-c4ccccc42)c2ccccc2-3)cc1. The molecule has 4 aliphatic rings. The third-order valence-electron chi connectivity index (χ3n) is 20.0. The maximum Gasteiger partial charge on any atom is 0.0726 e. The Morgan fingerprint density at radius 2 is 0.706 bits per heavy atom. The highest BCUT2D eigenvalue weighted by Crippen LogP contribution is 2.63. The average molecular weight is 1090 g/mol. The van der Waals surface area contributed by atoms with Crippen LogP contribution in [0.25, 0.3) is 94.3 Å². The number of benzene rings is 12. The fourth-order valence-electron chi connectivity index (χ4n) is 16.0. The number of hydrogen-bond donors (Lipinski definition) is 0. The van der Waals surface area contributed by atoms with E-state index >= 15 is 0 Å². The Hall–Kier alpha value is -9.76. The van der Waals surface area contributed by atoms with Gasteiger partial charge in [-0.2, -0.15) is 0 Å². The van der Waals surface area contributed by atoms with Gasteiger partial charge in [-0.1, -0.05) is 238 Å². The van der Waals surface area contributed by atoms with Gasteiger partial charge in [0.2, 0.25) is 0 Å². The van der Waals surface area contributed by atoms with Crippen molar-refractivity contribution in [3.05, 3.63) is 312 Å². The first kappa shape index (κ1) is 49.8. The van der Waals surface area contributed by atoms with E-state index in [1.807, 2.05) is 0 Å². The van der Waals surface area contributed by atoms with E-state index in [0.29, 0.717) is 11.8 Å². The van der Waals surface area contributed by atoms with Gasteiger partial charge >= 0.3 is 0 Å². The topological polar surface area (TPSA) is 8.17 Å². The molecule has 406 valence electrons. The zero-order valence-corrected chi connectivity index (χ0v) is 47.8. The molecule has 0 radical (unpaired) electrons. The van der Waals surface area contributed by atoms with E-state index in [4.69, 9.17) is 0 Å². The molecule has 1 heterocycles. The normalized spacial score (nSPS) is 14.9. The van der Waals surface area contributed by atoms with Gasteiger partial charge in [0.1, 0.15) is 0 Å². The Bertz CT molecular complexity index is 4570. The van der Waals surface area contributed by atoms with Crippen molar-refractivity contribution in [1.29, 1.82) is 0 Å². The summed E-state index contributed by atoms with van der Waals surface area (Å²) in [4.78, 5) is 2.50. The molecule has 2 fully saturated rings. The molecule has 0 unspecified atom stereocenters. The molecule has 1 spiro atoms. The summed E-state index contributed by atoms with van der Waals surface area (Å²) in [6.07, 6.45) is 10.6. The lowest BCUT2D eigenvalue weighted by atomic mass is 9.70. The van der Waals surface area contributed by atoms with Crippen LogP contribution in [0.4, 0.5) is 17.1 Å². The number of anilines is 3. The quantitative estimate of drug-likeness (QED) is 0.132. The fourth-order valence-corrected chi connectivity index (χ4v) is 16.0. The zero-order chi connectivity index (χ0) is 56.0. The first-order valence-corrected chi connectivity index (χ1v) is 31.0. The van der Waals surface area contributed by atoms with Gasteiger partial charge < -0.3 is 9.47 Å². The number of fused-ring (bicyclic) bond motifs is 13. The van der Waals surface area contributed by atoms with E-state index in [2.05, 4.69) is 289 Å². The molecular formula is C83H64N2. The van der Waals surface area contributed by atoms with Gasteiger partial charge in [-0.05, 0) is 199 Å². The van der Waals surface area contributed by atoms with Gasteiger partial charge in [-0.3, -0.25) is 0 Å². The molecule has 0 N–H and O–H groups in total. The summed E-state index contributed by atoms with van der Waals surface area (Å²) < 4.78 is 2.51. The second kappa shape index (κ2) is 20.2. The van der Waals surface area contributed by atoms with Crippen molar-refractivity contribution in [3.63, 3.8) is 0 Å². The fraction of sp³-hybridized carbons (Fsp3) is 0.133. The van der Waals surface area contributed by atoms with Crippen LogP contribution in [-0.2, 0) is 5.41 Å². The van der Waals surface area contributed by atoms with Crippen molar-refractivity contribution in [1.82, 2.24) is 4.57 Å². The second-order valence-corrected chi connectivity index (χ2v) is 24.4. The molecule has 2 heteroatoms. The number of nitrogens with zero attached hydrogens (tertiary/aromatic N) is 2. The molecule has 2 nitrogen and oxygen atoms in total. The minimum absolute atomic E-state index is 0.470. The lowest BCUT2D eigenvalue weighted by Crippen LogP contribution is -2.26. The molecule has 2 saturated carbocycles. The molecular weight excluding hydrogens is 1020 g/mol. The Morgan fingerprint density at radius 1 is 0.294 bits per heavy atom. The number of hydrogen-bond acceptors (Lipinski definition) is 1. The van der Waals surface area contributed by atoms with E-state index in [0.717, 1.165) is 17.1 Å². The van der Waals surface area contributed by atoms with Crippen molar-refractivity contribution in [3.8, 4) is 72.4 Å². The van der Waals surface area contributed by atoms with Crippen LogP contribution in [0.3, 0.4) is 0 Å². The molecule has 0 saturated heterocycles. The summed E-state index contributed by atoms with van der Waals surface area (Å²) in [5.74, 6) is 1.37. The Kier molecular flexibility index (Phi) is 11.9. The van der Waals surface area contributed by atoms with Crippen LogP contribution < -0.4 is 4.90 Å². The molecule has 0 amide bonds. The monoisotopic (exact) mass is 1090 g/mol. The maximum atomic E-state index is 2.55. The van der Waals surface area contributed by atoms with Crippen molar-refractivity contribution in [2.75, 3.05) is 4.90 Å². The summed E-state index contributed by atoms with van der Waals surface area (Å²) in [6.45, 7) is 0. The van der Waals surface area contributed by atoms with E-state index in [-0.39, 0.29) is 0 Å². The second-order valence-electron chi connectivity index (χ2n) is 24.4. The molecule has 1 aromatic heterocycles. The molecule has 0 aliphatic heterocycles. The van der Waals surface area contributed by atoms with E-state index < -0.39 is 5.41 Å². The minimum atomic E-state index is -0.470. The summed E-state index contributed by atoms with van der Waals surface area (Å²) in [7, 11) is 0. The standard InChI is InChI=1S/C83H64N2/c1-2-22-61(23-3-1)67-24-8-9-25-68(67)73-29-13-17-33-80(73)84(66-48-49-72-71-28-12-16-32-78(71)83(79(72)54-66)76-30-14-10-26-69(76)70-27-11-15-31-77(70)83)64-44-38-59(39-45-64)57-34-36-58(37-35-57)60-40-46-65(47-41-60)85-81-50-42-62(55-18-4-5-19-55)52-74(81)75-53-63(43-51-82(75)85)56-20-6-7-21-56/h1-3,8-17,22-56H,4-7,18-21H2. The van der Waals surface area contributed by atoms with Crippen LogP contribution in [0.2, 0.25) is 0 Å². The molecule has 0 bridgehead atoms. The summed E-state index contributed by atoms with van der Waals surface area (Å²) in [6, 6.07) is 106. The highest BCUT2D eigenvalue weighted by Gasteiger charge is 2.51. The van der Waals surface area contributed by atoms with E-state index in [1.165, 1.54) is 179 Å². The van der Waals surface area contributed by atoms with Crippen LogP contribution in [0.1, 0.15) is 96.6 Å². The summed E-state index contributed by atoms with van der Waals surface area (Å²) in [5.41, 5.74) is 29.8. The molecule has 13 aromatic rings. The summed E-state index contributed by atoms with van der Waals surface area (Å²) >= 11 is 0. The smallest absolute Gasteiger partial charge is 0.0726 e. The molecule has 12 aromatic carbocycles. The third-order valence-corrected chi connectivity index (χ3v) is 20.0. The lowest BCUT2D eigenvalue weighted by Gasteiger charge is -2.33. The van der Waals surface area contributed by atoms with Crippen LogP contribution in [0.5, 0.6) is 0 Å². The lowest BCUT2D eigenvalue weighted by molar-refractivity contribution is 0.724. The summed E-state index contributed by atoms with van der Waals surface area (Å²) in [5, 5.41) is 2.80. The van der Waals surface area contributed by atoms with Crippen molar-refractivity contribution in [2.24, 2.45) is 0 Å². The highest BCUT2D eigenvalue weighted by molar-refractivity contribution is 6.10. The van der Waals surface area contributed by atoms with Crippen LogP contribution in [0.15, 0.2) is 279 Å². The van der Waals surface area contributed by atoms with Crippen LogP contribution in [0, 0.1) is 0 Å². The van der Waals surface area contributed by atoms with E-state index in [9.17, 15) is 0 Å².